The first-order valence-electron chi connectivity index (χ1n) is 8.94. The maximum absolute atomic E-state index is 12.1. The molecule has 0 saturated carbocycles. The molecule has 27 heavy (non-hydrogen) atoms. The lowest BCUT2D eigenvalue weighted by Gasteiger charge is -2.11. The molecule has 0 saturated heterocycles. The molecule has 4 aromatic rings. The Morgan fingerprint density at radius 3 is 2.30 bits per heavy atom. The monoisotopic (exact) mass is 359 g/mol. The molecule has 0 fully saturated rings. The van der Waals surface area contributed by atoms with Crippen LogP contribution in [0.5, 0.6) is 0 Å². The first-order chi connectivity index (χ1) is 13.3. The SMILES string of the molecule is CC.O=c1occc2nc(-c3ccc(CO)cc3)c(-c3ccccc3)cc12. The maximum Gasteiger partial charge on any atom is 0.345 e. The van der Waals surface area contributed by atoms with Crippen LogP contribution >= 0.6 is 0 Å². The van der Waals surface area contributed by atoms with E-state index in [-0.39, 0.29) is 6.61 Å². The highest BCUT2D eigenvalue weighted by Gasteiger charge is 2.13. The molecule has 0 spiro atoms. The predicted molar refractivity (Wildman–Crippen MR) is 108 cm³/mol. The van der Waals surface area contributed by atoms with Gasteiger partial charge in [0.1, 0.15) is 0 Å². The summed E-state index contributed by atoms with van der Waals surface area (Å²) >= 11 is 0. The van der Waals surface area contributed by atoms with Crippen molar-refractivity contribution in [1.82, 2.24) is 4.98 Å². The fraction of sp³-hybridized carbons (Fsp3) is 0.130. The van der Waals surface area contributed by atoms with Crippen molar-refractivity contribution in [2.45, 2.75) is 20.5 Å². The zero-order chi connectivity index (χ0) is 19.2. The van der Waals surface area contributed by atoms with Crippen LogP contribution in [0.2, 0.25) is 0 Å². The van der Waals surface area contributed by atoms with E-state index in [9.17, 15) is 9.90 Å². The highest BCUT2D eigenvalue weighted by Crippen LogP contribution is 2.32. The van der Waals surface area contributed by atoms with Crippen LogP contribution in [0.3, 0.4) is 0 Å². The summed E-state index contributed by atoms with van der Waals surface area (Å²) in [6.45, 7) is 4.00. The van der Waals surface area contributed by atoms with E-state index < -0.39 is 5.63 Å². The molecule has 1 N–H and O–H groups in total. The van der Waals surface area contributed by atoms with E-state index in [1.165, 1.54) is 6.26 Å². The molecule has 0 radical (unpaired) electrons. The van der Waals surface area contributed by atoms with Gasteiger partial charge in [-0.15, -0.1) is 0 Å². The van der Waals surface area contributed by atoms with Gasteiger partial charge in [0, 0.05) is 11.1 Å². The minimum absolute atomic E-state index is 0.00197. The summed E-state index contributed by atoms with van der Waals surface area (Å²) in [4.78, 5) is 16.8. The standard InChI is InChI=1S/C21H15NO3.C2H6/c23-13-14-6-8-16(9-7-14)20-17(15-4-2-1-3-5-15)12-18-19(22-20)10-11-25-21(18)24;1-2/h1-12,23H,13H2;1-2H3. The summed E-state index contributed by atoms with van der Waals surface area (Å²) in [5.74, 6) is 0. The molecule has 0 aliphatic carbocycles. The van der Waals surface area contributed by atoms with Crippen molar-refractivity contribution in [1.29, 1.82) is 0 Å². The number of hydrogen-bond acceptors (Lipinski definition) is 4. The number of aromatic nitrogens is 1. The zero-order valence-electron chi connectivity index (χ0n) is 15.3. The van der Waals surface area contributed by atoms with Crippen LogP contribution < -0.4 is 5.63 Å². The van der Waals surface area contributed by atoms with E-state index in [2.05, 4.69) is 0 Å². The van der Waals surface area contributed by atoms with Gasteiger partial charge in [0.2, 0.25) is 0 Å². The largest absolute Gasteiger partial charge is 0.431 e. The van der Waals surface area contributed by atoms with Crippen molar-refractivity contribution in [3.63, 3.8) is 0 Å². The lowest BCUT2D eigenvalue weighted by molar-refractivity contribution is 0.282. The molecule has 2 aromatic carbocycles. The second-order valence-corrected chi connectivity index (χ2v) is 5.75. The molecule has 4 nitrogen and oxygen atoms in total. The van der Waals surface area contributed by atoms with E-state index in [0.717, 1.165) is 27.9 Å². The van der Waals surface area contributed by atoms with Crippen LogP contribution in [0, 0.1) is 0 Å². The van der Waals surface area contributed by atoms with Crippen molar-refractivity contribution in [2.24, 2.45) is 0 Å². The van der Waals surface area contributed by atoms with Crippen molar-refractivity contribution in [3.8, 4) is 22.4 Å². The van der Waals surface area contributed by atoms with Crippen molar-refractivity contribution in [3.05, 3.63) is 89.0 Å². The Morgan fingerprint density at radius 1 is 0.926 bits per heavy atom. The fourth-order valence-corrected chi connectivity index (χ4v) is 2.87. The molecule has 0 bridgehead atoms. The zero-order valence-corrected chi connectivity index (χ0v) is 15.3. The molecular formula is C23H21NO3. The molecule has 4 heteroatoms. The minimum Gasteiger partial charge on any atom is -0.431 e. The third kappa shape index (κ3) is 3.81. The van der Waals surface area contributed by atoms with Gasteiger partial charge in [0.25, 0.3) is 0 Å². The van der Waals surface area contributed by atoms with Crippen molar-refractivity contribution >= 4 is 10.9 Å². The third-order valence-electron chi connectivity index (χ3n) is 4.17. The lowest BCUT2D eigenvalue weighted by atomic mass is 9.97. The van der Waals surface area contributed by atoms with Crippen LogP contribution in [-0.2, 0) is 6.61 Å². The third-order valence-corrected chi connectivity index (χ3v) is 4.17. The summed E-state index contributed by atoms with van der Waals surface area (Å²) in [5, 5.41) is 9.70. The Balaban J connectivity index is 0.00000102. The number of rotatable bonds is 3. The number of nitrogens with zero attached hydrogens (tertiary/aromatic N) is 1. The Morgan fingerprint density at radius 2 is 1.63 bits per heavy atom. The summed E-state index contributed by atoms with van der Waals surface area (Å²) in [7, 11) is 0. The summed E-state index contributed by atoms with van der Waals surface area (Å²) in [5.41, 5.74) is 4.58. The van der Waals surface area contributed by atoms with Crippen molar-refractivity contribution < 1.29 is 9.52 Å². The summed E-state index contributed by atoms with van der Waals surface area (Å²) in [6.07, 6.45) is 1.36. The Kier molecular flexibility index (Phi) is 5.79. The minimum atomic E-state index is -0.399. The summed E-state index contributed by atoms with van der Waals surface area (Å²) < 4.78 is 4.98. The second kappa shape index (κ2) is 8.43. The molecule has 0 aliphatic heterocycles. The van der Waals surface area contributed by atoms with Gasteiger partial charge in [-0.2, -0.15) is 0 Å². The molecule has 4 rings (SSSR count). The number of hydrogen-bond donors (Lipinski definition) is 1. The molecule has 2 aromatic heterocycles. The van der Waals surface area contributed by atoms with Gasteiger partial charge in [-0.25, -0.2) is 9.78 Å². The van der Waals surface area contributed by atoms with Gasteiger partial charge in [-0.1, -0.05) is 68.4 Å². The van der Waals surface area contributed by atoms with Crippen LogP contribution in [0.1, 0.15) is 19.4 Å². The van der Waals surface area contributed by atoms with Crippen LogP contribution in [0.4, 0.5) is 0 Å². The molecule has 0 aliphatic rings. The van der Waals surface area contributed by atoms with Gasteiger partial charge < -0.3 is 9.52 Å². The normalized spacial score (nSPS) is 10.3. The number of pyridine rings is 1. The Hall–Kier alpha value is -3.24. The van der Waals surface area contributed by atoms with Crippen LogP contribution in [0.25, 0.3) is 33.3 Å². The number of fused-ring (bicyclic) bond motifs is 1. The fourth-order valence-electron chi connectivity index (χ4n) is 2.87. The van der Waals surface area contributed by atoms with E-state index in [4.69, 9.17) is 9.40 Å². The van der Waals surface area contributed by atoms with E-state index in [0.29, 0.717) is 10.9 Å². The second-order valence-electron chi connectivity index (χ2n) is 5.75. The average Bonchev–Trinajstić information content (AvgIpc) is 2.75. The first-order valence-corrected chi connectivity index (χ1v) is 8.94. The molecule has 2 heterocycles. The number of aliphatic hydroxyl groups is 1. The Labute approximate surface area is 157 Å². The highest BCUT2D eigenvalue weighted by atomic mass is 16.4. The molecular weight excluding hydrogens is 338 g/mol. The maximum atomic E-state index is 12.1. The van der Waals surface area contributed by atoms with Gasteiger partial charge in [-0.3, -0.25) is 0 Å². The molecule has 0 amide bonds. The van der Waals surface area contributed by atoms with Crippen LogP contribution in [0.15, 0.2) is 82.2 Å². The Bertz CT molecular complexity index is 1080. The van der Waals surface area contributed by atoms with E-state index >= 15 is 0 Å². The molecule has 0 unspecified atom stereocenters. The van der Waals surface area contributed by atoms with Gasteiger partial charge in [0.05, 0.1) is 29.5 Å². The number of benzene rings is 2. The van der Waals surface area contributed by atoms with Gasteiger partial charge in [-0.05, 0) is 23.3 Å². The van der Waals surface area contributed by atoms with Crippen molar-refractivity contribution in [2.75, 3.05) is 0 Å². The molecule has 136 valence electrons. The quantitative estimate of drug-likeness (QED) is 0.556. The summed E-state index contributed by atoms with van der Waals surface area (Å²) in [6, 6.07) is 20.9. The van der Waals surface area contributed by atoms with Gasteiger partial charge in [0.15, 0.2) is 0 Å². The van der Waals surface area contributed by atoms with Crippen LogP contribution in [-0.4, -0.2) is 10.1 Å². The highest BCUT2D eigenvalue weighted by molar-refractivity contribution is 5.90. The topological polar surface area (TPSA) is 63.3 Å². The average molecular weight is 359 g/mol. The van der Waals surface area contributed by atoms with Gasteiger partial charge >= 0.3 is 5.63 Å². The molecule has 0 atom stereocenters. The van der Waals surface area contributed by atoms with E-state index in [1.807, 2.05) is 74.5 Å². The number of aliphatic hydroxyl groups excluding tert-OH is 1. The lowest BCUT2D eigenvalue weighted by Crippen LogP contribution is -2.01. The first kappa shape index (κ1) is 18.5. The van der Waals surface area contributed by atoms with E-state index in [1.54, 1.807) is 6.07 Å². The predicted octanol–water partition coefficient (Wildman–Crippen LogP) is 5.04. The smallest absolute Gasteiger partial charge is 0.345 e.